The molecule has 10 heteroatoms. The number of nitrogens with zero attached hydrogens (tertiary/aromatic N) is 2. The fraction of sp³-hybridized carbons (Fsp3) is 0.706. The predicted octanol–water partition coefficient (Wildman–Crippen LogP) is 1.71. The van der Waals surface area contributed by atoms with Crippen LogP contribution < -0.4 is 0 Å². The van der Waals surface area contributed by atoms with Crippen LogP contribution in [0.5, 0.6) is 0 Å². The van der Waals surface area contributed by atoms with Gasteiger partial charge in [-0.1, -0.05) is 0 Å². The van der Waals surface area contributed by atoms with E-state index >= 15 is 0 Å². The highest BCUT2D eigenvalue weighted by Gasteiger charge is 2.35. The molecule has 27 heavy (non-hydrogen) atoms. The third-order valence-corrected chi connectivity index (χ3v) is 9.19. The van der Waals surface area contributed by atoms with E-state index in [9.17, 15) is 13.2 Å². The highest BCUT2D eigenvalue weighted by molar-refractivity contribution is 7.99. The summed E-state index contributed by atoms with van der Waals surface area (Å²) in [5.74, 6) is 1.72. The van der Waals surface area contributed by atoms with Gasteiger partial charge in [0, 0.05) is 43.6 Å². The summed E-state index contributed by atoms with van der Waals surface area (Å²) in [7, 11) is -3.61. The van der Waals surface area contributed by atoms with Crippen molar-refractivity contribution in [3.63, 3.8) is 0 Å². The Morgan fingerprint density at radius 1 is 1.07 bits per heavy atom. The molecule has 3 aliphatic heterocycles. The second-order valence-corrected chi connectivity index (χ2v) is 10.9. The number of likely N-dealkylation sites (tertiary alicyclic amines) is 1. The lowest BCUT2D eigenvalue weighted by Gasteiger charge is -2.34. The molecule has 0 N–H and O–H groups in total. The number of thioether (sulfide) groups is 1. The number of rotatable bonds is 4. The molecule has 4 rings (SSSR count). The highest BCUT2D eigenvalue weighted by atomic mass is 32.2. The topological polar surface area (TPSA) is 76.2 Å². The maximum atomic E-state index is 13.0. The molecule has 0 aromatic carbocycles. The Morgan fingerprint density at radius 2 is 1.74 bits per heavy atom. The van der Waals surface area contributed by atoms with E-state index in [1.807, 2.05) is 0 Å². The molecule has 0 bridgehead atoms. The minimum absolute atomic E-state index is 0.156. The summed E-state index contributed by atoms with van der Waals surface area (Å²) in [5.41, 5.74) is 0. The summed E-state index contributed by atoms with van der Waals surface area (Å²) in [6, 6.07) is 1.57. The molecule has 1 aromatic heterocycles. The van der Waals surface area contributed by atoms with Crippen LogP contribution in [-0.4, -0.2) is 80.7 Å². The summed E-state index contributed by atoms with van der Waals surface area (Å²) in [4.78, 5) is 15.3. The maximum Gasteiger partial charge on any atom is 0.265 e. The number of ether oxygens (including phenoxy) is 2. The third-order valence-electron chi connectivity index (χ3n) is 5.27. The molecule has 4 heterocycles. The van der Waals surface area contributed by atoms with Crippen LogP contribution in [0.3, 0.4) is 0 Å². The number of hydrogen-bond donors (Lipinski definition) is 0. The number of amides is 1. The van der Waals surface area contributed by atoms with E-state index in [1.165, 1.54) is 15.6 Å². The van der Waals surface area contributed by atoms with Gasteiger partial charge in [0.25, 0.3) is 5.91 Å². The Morgan fingerprint density at radius 3 is 2.41 bits per heavy atom. The molecule has 3 fully saturated rings. The molecule has 1 aromatic rings. The molecule has 0 radical (unpaired) electrons. The zero-order chi connectivity index (χ0) is 18.9. The van der Waals surface area contributed by atoms with Crippen LogP contribution >= 0.6 is 23.1 Å². The van der Waals surface area contributed by atoms with Gasteiger partial charge in [0.05, 0.1) is 13.2 Å². The van der Waals surface area contributed by atoms with Gasteiger partial charge in [-0.3, -0.25) is 4.79 Å². The average Bonchev–Trinajstić information content (AvgIpc) is 3.40. The summed E-state index contributed by atoms with van der Waals surface area (Å²) < 4.78 is 38.7. The van der Waals surface area contributed by atoms with Gasteiger partial charge in [-0.25, -0.2) is 8.42 Å². The minimum Gasteiger partial charge on any atom is -0.350 e. The Kier molecular flexibility index (Phi) is 6.10. The van der Waals surface area contributed by atoms with Crippen molar-refractivity contribution in [2.24, 2.45) is 5.92 Å². The molecular weight excluding hydrogens is 408 g/mol. The van der Waals surface area contributed by atoms with Crippen LogP contribution in [-0.2, 0) is 19.5 Å². The van der Waals surface area contributed by atoms with Crippen molar-refractivity contribution < 1.29 is 22.7 Å². The van der Waals surface area contributed by atoms with Gasteiger partial charge in [-0.2, -0.15) is 16.1 Å². The van der Waals surface area contributed by atoms with Crippen LogP contribution in [0.25, 0.3) is 0 Å². The van der Waals surface area contributed by atoms with Crippen molar-refractivity contribution >= 4 is 39.0 Å². The Labute approximate surface area is 168 Å². The van der Waals surface area contributed by atoms with E-state index in [0.717, 1.165) is 24.3 Å². The number of hydrogen-bond acceptors (Lipinski definition) is 7. The van der Waals surface area contributed by atoms with Crippen LogP contribution in [0.4, 0.5) is 0 Å². The van der Waals surface area contributed by atoms with Crippen molar-refractivity contribution in [3.8, 4) is 0 Å². The van der Waals surface area contributed by atoms with Crippen molar-refractivity contribution in [1.82, 2.24) is 9.21 Å². The summed E-state index contributed by atoms with van der Waals surface area (Å²) in [5, 5.41) is 1.70. The first-order valence-electron chi connectivity index (χ1n) is 9.25. The first-order chi connectivity index (χ1) is 13.1. The van der Waals surface area contributed by atoms with E-state index < -0.39 is 10.0 Å². The molecule has 0 unspecified atom stereocenters. The Bertz CT molecular complexity index is 761. The monoisotopic (exact) mass is 432 g/mol. The first kappa shape index (κ1) is 19.7. The normalized spacial score (nSPS) is 23.8. The second-order valence-electron chi connectivity index (χ2n) is 6.87. The van der Waals surface area contributed by atoms with Crippen molar-refractivity contribution in [2.45, 2.75) is 24.0 Å². The summed E-state index contributed by atoms with van der Waals surface area (Å²) in [6.45, 7) is 3.48. The van der Waals surface area contributed by atoms with Gasteiger partial charge in [-0.05, 0) is 24.3 Å². The number of sulfonamides is 1. The van der Waals surface area contributed by atoms with Crippen molar-refractivity contribution in [1.29, 1.82) is 0 Å². The van der Waals surface area contributed by atoms with Gasteiger partial charge < -0.3 is 14.4 Å². The zero-order valence-electron chi connectivity index (χ0n) is 15.0. The van der Waals surface area contributed by atoms with Gasteiger partial charge in [0.15, 0.2) is 6.29 Å². The van der Waals surface area contributed by atoms with Crippen LogP contribution in [0.15, 0.2) is 16.3 Å². The van der Waals surface area contributed by atoms with Gasteiger partial charge >= 0.3 is 0 Å². The van der Waals surface area contributed by atoms with Gasteiger partial charge in [-0.15, -0.1) is 11.3 Å². The fourth-order valence-electron chi connectivity index (χ4n) is 3.75. The molecule has 0 aliphatic carbocycles. The van der Waals surface area contributed by atoms with Crippen LogP contribution in [0.2, 0.25) is 0 Å². The molecule has 0 saturated carbocycles. The molecule has 7 nitrogen and oxygen atoms in total. The third kappa shape index (κ3) is 4.06. The zero-order valence-corrected chi connectivity index (χ0v) is 17.5. The van der Waals surface area contributed by atoms with Gasteiger partial charge in [0.2, 0.25) is 10.0 Å². The average molecular weight is 433 g/mol. The van der Waals surface area contributed by atoms with Crippen molar-refractivity contribution in [2.75, 3.05) is 50.9 Å². The lowest BCUT2D eigenvalue weighted by molar-refractivity contribution is -0.0956. The van der Waals surface area contributed by atoms with E-state index in [0.29, 0.717) is 50.2 Å². The highest BCUT2D eigenvalue weighted by Crippen LogP contribution is 2.31. The largest absolute Gasteiger partial charge is 0.350 e. The van der Waals surface area contributed by atoms with E-state index in [2.05, 4.69) is 0 Å². The minimum atomic E-state index is -3.61. The first-order valence-corrected chi connectivity index (χ1v) is 12.7. The molecule has 150 valence electrons. The lowest BCUT2D eigenvalue weighted by Crippen LogP contribution is -2.42. The quantitative estimate of drug-likeness (QED) is 0.721. The molecular formula is C17H24N2O5S3. The molecule has 3 aliphatic rings. The summed E-state index contributed by atoms with van der Waals surface area (Å²) in [6.07, 6.45) is 1.47. The number of thiophene rings is 1. The molecule has 3 saturated heterocycles. The summed E-state index contributed by atoms with van der Waals surface area (Å²) >= 11 is 2.97. The number of piperidine rings is 1. The second kappa shape index (κ2) is 8.38. The fourth-order valence-corrected chi connectivity index (χ4v) is 7.69. The van der Waals surface area contributed by atoms with Crippen molar-refractivity contribution in [3.05, 3.63) is 16.3 Å². The Balaban J connectivity index is 1.45. The number of carbonyl (C=O) groups is 1. The number of carbonyl (C=O) groups excluding carboxylic acids is 1. The maximum absolute atomic E-state index is 13.0. The molecule has 0 spiro atoms. The predicted molar refractivity (Wildman–Crippen MR) is 105 cm³/mol. The standard InChI is InChI=1S/C17H24N2O5S3/c20-16(18-4-1-13(2-5-18)17-23-8-9-24-17)15-14(3-10-26-15)27(21,22)19-6-11-25-12-7-19/h3,10,13,17H,1-2,4-9,11-12H2. The Hall–Kier alpha value is -0.650. The SMILES string of the molecule is O=C(c1sccc1S(=O)(=O)N1CCSCC1)N1CCC(C2OCCO2)CC1. The van der Waals surface area contributed by atoms with Crippen LogP contribution in [0.1, 0.15) is 22.5 Å². The molecule has 0 atom stereocenters. The van der Waals surface area contributed by atoms with Crippen LogP contribution in [0, 0.1) is 5.92 Å². The van der Waals surface area contributed by atoms with E-state index in [1.54, 1.807) is 28.1 Å². The molecule has 1 amide bonds. The lowest BCUT2D eigenvalue weighted by atomic mass is 9.96. The smallest absolute Gasteiger partial charge is 0.265 e. The van der Waals surface area contributed by atoms with E-state index in [4.69, 9.17) is 9.47 Å². The van der Waals surface area contributed by atoms with E-state index in [-0.39, 0.29) is 17.1 Å². The van der Waals surface area contributed by atoms with Gasteiger partial charge in [0.1, 0.15) is 9.77 Å².